The number of rotatable bonds is 2. The Balaban J connectivity index is 0.000000161. The predicted molar refractivity (Wildman–Crippen MR) is 114 cm³/mol. The minimum Gasteiger partial charge on any atom is -0.421 e. The molecule has 0 aliphatic heterocycles. The highest BCUT2D eigenvalue weighted by Gasteiger charge is 2.07. The van der Waals surface area contributed by atoms with Gasteiger partial charge in [0, 0.05) is 33.9 Å². The molecule has 0 spiro atoms. The third-order valence-corrected chi connectivity index (χ3v) is 5.60. The minimum atomic E-state index is 0.559. The fourth-order valence-corrected chi connectivity index (χ4v) is 3.04. The fourth-order valence-electron chi connectivity index (χ4n) is 2.28. The van der Waals surface area contributed by atoms with Crippen LogP contribution in [0.4, 0.5) is 0 Å². The number of nitrogens with zero attached hydrogens (tertiary/aromatic N) is 4. The van der Waals surface area contributed by atoms with Crippen LogP contribution in [0.1, 0.15) is 22.9 Å². The molecular weight excluding hydrogens is 488 g/mol. The zero-order valence-electron chi connectivity index (χ0n) is 15.8. The Bertz CT molecular complexity index is 1020. The van der Waals surface area contributed by atoms with Crippen molar-refractivity contribution < 1.29 is 8.83 Å². The second-order valence-electron chi connectivity index (χ2n) is 6.18. The lowest BCUT2D eigenvalue weighted by molar-refractivity contribution is 0.532. The summed E-state index contributed by atoms with van der Waals surface area (Å²) in [6.07, 6.45) is 0. The molecule has 0 aliphatic rings. The van der Waals surface area contributed by atoms with Gasteiger partial charge in [0.05, 0.1) is 0 Å². The molecule has 0 atom stereocenters. The fraction of sp³-hybridized carbons (Fsp3) is 0.200. The Kier molecular flexibility index (Phi) is 6.41. The molecule has 4 aromatic rings. The van der Waals surface area contributed by atoms with E-state index in [0.717, 1.165) is 20.1 Å². The van der Waals surface area contributed by atoms with Crippen LogP contribution in [0.5, 0.6) is 0 Å². The van der Waals surface area contributed by atoms with Crippen LogP contribution in [-0.4, -0.2) is 20.4 Å². The molecule has 8 heteroatoms. The van der Waals surface area contributed by atoms with Crippen molar-refractivity contribution in [2.75, 3.05) is 0 Å². The van der Waals surface area contributed by atoms with E-state index in [9.17, 15) is 0 Å². The highest BCUT2D eigenvalue weighted by atomic mass is 79.9. The van der Waals surface area contributed by atoms with Gasteiger partial charge in [0.15, 0.2) is 0 Å². The van der Waals surface area contributed by atoms with Crippen molar-refractivity contribution in [3.05, 3.63) is 68.3 Å². The molecule has 0 fully saturated rings. The topological polar surface area (TPSA) is 77.8 Å². The van der Waals surface area contributed by atoms with Crippen molar-refractivity contribution in [3.8, 4) is 22.9 Å². The molecule has 0 saturated heterocycles. The monoisotopic (exact) mass is 504 g/mol. The number of aryl methyl sites for hydroxylation is 4. The van der Waals surface area contributed by atoms with Gasteiger partial charge in [-0.3, -0.25) is 0 Å². The summed E-state index contributed by atoms with van der Waals surface area (Å²) in [5.41, 5.74) is 4.24. The normalized spacial score (nSPS) is 10.5. The average molecular weight is 506 g/mol. The molecule has 28 heavy (non-hydrogen) atoms. The maximum atomic E-state index is 5.32. The lowest BCUT2D eigenvalue weighted by atomic mass is 10.1. The minimum absolute atomic E-state index is 0.559. The number of aromatic nitrogens is 4. The molecule has 6 nitrogen and oxygen atoms in total. The number of hydrogen-bond donors (Lipinski definition) is 0. The van der Waals surface area contributed by atoms with E-state index in [4.69, 9.17) is 8.83 Å². The van der Waals surface area contributed by atoms with Gasteiger partial charge < -0.3 is 8.83 Å². The van der Waals surface area contributed by atoms with Crippen LogP contribution in [0.2, 0.25) is 0 Å². The van der Waals surface area contributed by atoms with Crippen molar-refractivity contribution in [2.45, 2.75) is 27.7 Å². The number of halogens is 2. The smallest absolute Gasteiger partial charge is 0.247 e. The first-order valence-corrected chi connectivity index (χ1v) is 10.1. The van der Waals surface area contributed by atoms with Crippen LogP contribution in [0.3, 0.4) is 0 Å². The van der Waals surface area contributed by atoms with E-state index >= 15 is 0 Å². The maximum Gasteiger partial charge on any atom is 0.247 e. The van der Waals surface area contributed by atoms with Gasteiger partial charge in [-0.2, -0.15) is 0 Å². The lowest BCUT2D eigenvalue weighted by Gasteiger charge is -1.99. The van der Waals surface area contributed by atoms with Gasteiger partial charge in [-0.25, -0.2) is 0 Å². The highest BCUT2D eigenvalue weighted by molar-refractivity contribution is 9.10. The zero-order valence-corrected chi connectivity index (χ0v) is 19.0. The van der Waals surface area contributed by atoms with E-state index in [1.54, 1.807) is 13.8 Å². The molecular formula is C20H18Br2N4O2. The summed E-state index contributed by atoms with van der Waals surface area (Å²) in [6.45, 7) is 7.62. The Morgan fingerprint density at radius 3 is 1.29 bits per heavy atom. The van der Waals surface area contributed by atoms with Crippen LogP contribution < -0.4 is 0 Å². The summed E-state index contributed by atoms with van der Waals surface area (Å²) < 4.78 is 12.7. The summed E-state index contributed by atoms with van der Waals surface area (Å²) >= 11 is 6.92. The molecule has 0 saturated carbocycles. The van der Waals surface area contributed by atoms with Crippen LogP contribution >= 0.6 is 31.9 Å². The van der Waals surface area contributed by atoms with Crippen molar-refractivity contribution in [2.24, 2.45) is 0 Å². The first-order chi connectivity index (χ1) is 13.3. The van der Waals surface area contributed by atoms with Gasteiger partial charge in [-0.15, -0.1) is 20.4 Å². The Labute approximate surface area is 179 Å². The average Bonchev–Trinajstić information content (AvgIpc) is 3.29. The molecule has 4 rings (SSSR count). The van der Waals surface area contributed by atoms with Gasteiger partial charge in [0.2, 0.25) is 23.6 Å². The largest absolute Gasteiger partial charge is 0.421 e. The lowest BCUT2D eigenvalue weighted by Crippen LogP contribution is -1.80. The summed E-state index contributed by atoms with van der Waals surface area (Å²) in [5.74, 6) is 2.28. The van der Waals surface area contributed by atoms with E-state index in [-0.39, 0.29) is 0 Å². The highest BCUT2D eigenvalue weighted by Crippen LogP contribution is 2.25. The molecule has 0 radical (unpaired) electrons. The predicted octanol–water partition coefficient (Wildman–Crippen LogP) is 6.23. The summed E-state index contributed by atoms with van der Waals surface area (Å²) in [7, 11) is 0. The summed E-state index contributed by atoms with van der Waals surface area (Å²) in [4.78, 5) is 0. The number of hydrogen-bond acceptors (Lipinski definition) is 6. The van der Waals surface area contributed by atoms with E-state index in [1.165, 1.54) is 11.1 Å². The van der Waals surface area contributed by atoms with Crippen molar-refractivity contribution in [3.63, 3.8) is 0 Å². The van der Waals surface area contributed by atoms with Gasteiger partial charge in [0.25, 0.3) is 0 Å². The molecule has 0 N–H and O–H groups in total. The maximum absolute atomic E-state index is 5.32. The summed E-state index contributed by atoms with van der Waals surface area (Å²) in [5, 5.41) is 15.5. The molecule has 144 valence electrons. The Morgan fingerprint density at radius 2 is 1.00 bits per heavy atom. The molecule has 2 aromatic carbocycles. The first-order valence-electron chi connectivity index (χ1n) is 8.46. The Hall–Kier alpha value is -2.32. The van der Waals surface area contributed by atoms with E-state index in [2.05, 4.69) is 52.3 Å². The number of benzene rings is 2. The van der Waals surface area contributed by atoms with Crippen molar-refractivity contribution in [1.82, 2.24) is 20.4 Å². The molecule has 0 bridgehead atoms. The summed E-state index contributed by atoms with van der Waals surface area (Å²) in [6, 6.07) is 11.9. The second kappa shape index (κ2) is 8.79. The molecule has 2 heterocycles. The molecule has 0 aliphatic carbocycles. The quantitative estimate of drug-likeness (QED) is 0.321. The third-order valence-electron chi connectivity index (χ3n) is 3.89. The molecule has 0 amide bonds. The van der Waals surface area contributed by atoms with E-state index < -0.39 is 0 Å². The first kappa shape index (κ1) is 20.4. The van der Waals surface area contributed by atoms with Crippen molar-refractivity contribution >= 4 is 31.9 Å². The Morgan fingerprint density at radius 1 is 0.607 bits per heavy atom. The third kappa shape index (κ3) is 4.94. The molecule has 0 unspecified atom stereocenters. The SMILES string of the molecule is Cc1nnc(-c2ccc(C)c(Br)c2)o1.Cc1nnc(-c2ccc(C)c(Br)c2)o1. The van der Waals surface area contributed by atoms with Crippen molar-refractivity contribution in [1.29, 1.82) is 0 Å². The standard InChI is InChI=1S/2C10H9BrN2O/c2*1-6-3-4-8(5-9(6)11)10-13-12-7(2)14-10/h2*3-5H,1-2H3. The van der Waals surface area contributed by atoms with Gasteiger partial charge in [0.1, 0.15) is 0 Å². The van der Waals surface area contributed by atoms with Crippen LogP contribution in [0, 0.1) is 27.7 Å². The van der Waals surface area contributed by atoms with Gasteiger partial charge >= 0.3 is 0 Å². The van der Waals surface area contributed by atoms with Crippen LogP contribution in [-0.2, 0) is 0 Å². The molecule has 2 aromatic heterocycles. The van der Waals surface area contributed by atoms with Gasteiger partial charge in [-0.1, -0.05) is 44.0 Å². The van der Waals surface area contributed by atoms with E-state index in [1.807, 2.05) is 50.2 Å². The van der Waals surface area contributed by atoms with E-state index in [0.29, 0.717) is 23.6 Å². The van der Waals surface area contributed by atoms with Crippen LogP contribution in [0.25, 0.3) is 22.9 Å². The second-order valence-corrected chi connectivity index (χ2v) is 7.89. The van der Waals surface area contributed by atoms with Crippen LogP contribution in [0.15, 0.2) is 54.2 Å². The van der Waals surface area contributed by atoms with Gasteiger partial charge in [-0.05, 0) is 49.2 Å². The zero-order chi connectivity index (χ0) is 20.3.